The molecular weight excluding hydrogens is 515 g/mol. The first kappa shape index (κ1) is 26.1. The highest BCUT2D eigenvalue weighted by Gasteiger charge is 2.12. The van der Waals surface area contributed by atoms with Gasteiger partial charge in [0.2, 0.25) is 5.16 Å². The minimum absolute atomic E-state index is 0.389. The van der Waals surface area contributed by atoms with Crippen LogP contribution in [0.3, 0.4) is 0 Å². The highest BCUT2D eigenvalue weighted by Crippen LogP contribution is 2.29. The molecule has 0 fully saturated rings. The predicted molar refractivity (Wildman–Crippen MR) is 147 cm³/mol. The number of thioether (sulfide) groups is 1. The van der Waals surface area contributed by atoms with Crippen LogP contribution in [0.1, 0.15) is 35.9 Å². The van der Waals surface area contributed by atoms with Gasteiger partial charge in [0.05, 0.1) is 13.3 Å². The van der Waals surface area contributed by atoms with Crippen molar-refractivity contribution in [2.75, 3.05) is 7.11 Å². The lowest BCUT2D eigenvalue weighted by molar-refractivity contribution is 0.284. The molecule has 0 atom stereocenters. The first-order valence-corrected chi connectivity index (χ1v) is 13.2. The predicted octanol–water partition coefficient (Wildman–Crippen LogP) is 7.30. The maximum Gasteiger partial charge on any atom is 0.212 e. The maximum absolute atomic E-state index is 6.07. The maximum atomic E-state index is 6.07. The lowest BCUT2D eigenvalue weighted by Crippen LogP contribution is -2.01. The van der Waals surface area contributed by atoms with Crippen LogP contribution in [0, 0.1) is 0 Å². The van der Waals surface area contributed by atoms with Gasteiger partial charge in [0.1, 0.15) is 6.61 Å². The molecule has 0 N–H and O–H groups in total. The van der Waals surface area contributed by atoms with E-state index in [1.165, 1.54) is 0 Å². The topological polar surface area (TPSA) is 61.5 Å². The van der Waals surface area contributed by atoms with Gasteiger partial charge in [0, 0.05) is 22.2 Å². The number of rotatable bonds is 11. The SMILES string of the molecule is CCCc1nnc(SCc2ccc(Cl)cc2)n1/N=C/c1ccc(OCc2cccc(Cl)c2)c(OC)c1. The highest BCUT2D eigenvalue weighted by atomic mass is 35.5. The van der Waals surface area contributed by atoms with Crippen molar-refractivity contribution in [2.45, 2.75) is 37.3 Å². The quantitative estimate of drug-likeness (QED) is 0.147. The Bertz CT molecular complexity index is 1330. The molecule has 0 aliphatic heterocycles. The third-order valence-electron chi connectivity index (χ3n) is 5.22. The van der Waals surface area contributed by atoms with Gasteiger partial charge in [-0.3, -0.25) is 0 Å². The molecule has 0 amide bonds. The molecule has 1 heterocycles. The first-order valence-electron chi connectivity index (χ1n) is 11.5. The normalized spacial score (nSPS) is 11.2. The molecule has 3 aromatic carbocycles. The van der Waals surface area contributed by atoms with Crippen molar-refractivity contribution in [3.8, 4) is 11.5 Å². The van der Waals surface area contributed by atoms with E-state index >= 15 is 0 Å². The first-order chi connectivity index (χ1) is 17.6. The van der Waals surface area contributed by atoms with Crippen molar-refractivity contribution < 1.29 is 9.47 Å². The van der Waals surface area contributed by atoms with E-state index < -0.39 is 0 Å². The Morgan fingerprint density at radius 1 is 0.944 bits per heavy atom. The zero-order chi connectivity index (χ0) is 25.3. The number of nitrogens with zero attached hydrogens (tertiary/aromatic N) is 4. The number of hydrogen-bond donors (Lipinski definition) is 0. The molecule has 0 unspecified atom stereocenters. The smallest absolute Gasteiger partial charge is 0.212 e. The molecule has 0 aliphatic rings. The Kier molecular flexibility index (Phi) is 9.28. The molecule has 0 bridgehead atoms. The van der Waals surface area contributed by atoms with Gasteiger partial charge in [-0.15, -0.1) is 10.2 Å². The van der Waals surface area contributed by atoms with E-state index in [9.17, 15) is 0 Å². The number of benzene rings is 3. The second kappa shape index (κ2) is 12.8. The summed E-state index contributed by atoms with van der Waals surface area (Å²) in [6.45, 7) is 2.50. The Morgan fingerprint density at radius 2 is 1.78 bits per heavy atom. The van der Waals surface area contributed by atoms with Gasteiger partial charge < -0.3 is 9.47 Å². The third kappa shape index (κ3) is 7.03. The molecule has 36 heavy (non-hydrogen) atoms. The molecule has 0 spiro atoms. The summed E-state index contributed by atoms with van der Waals surface area (Å²) in [6, 6.07) is 21.1. The second-order valence-electron chi connectivity index (χ2n) is 7.95. The Hall–Kier alpha value is -3.00. The van der Waals surface area contributed by atoms with Crippen LogP contribution in [0.2, 0.25) is 10.0 Å². The summed E-state index contributed by atoms with van der Waals surface area (Å²) in [5.41, 5.74) is 3.00. The fraction of sp³-hybridized carbons (Fsp3) is 0.222. The van der Waals surface area contributed by atoms with E-state index in [1.807, 2.05) is 66.7 Å². The van der Waals surface area contributed by atoms with Crippen molar-refractivity contribution in [1.29, 1.82) is 0 Å². The van der Waals surface area contributed by atoms with Gasteiger partial charge >= 0.3 is 0 Å². The van der Waals surface area contributed by atoms with Crippen molar-refractivity contribution >= 4 is 41.2 Å². The fourth-order valence-corrected chi connectivity index (χ4v) is 4.61. The third-order valence-corrected chi connectivity index (χ3v) is 6.70. The Balaban J connectivity index is 1.49. The summed E-state index contributed by atoms with van der Waals surface area (Å²) in [5, 5.41) is 15.6. The zero-order valence-electron chi connectivity index (χ0n) is 20.0. The van der Waals surface area contributed by atoms with Gasteiger partial charge in [-0.2, -0.15) is 9.78 Å². The van der Waals surface area contributed by atoms with E-state index in [-0.39, 0.29) is 0 Å². The summed E-state index contributed by atoms with van der Waals surface area (Å²) in [6.07, 6.45) is 3.51. The summed E-state index contributed by atoms with van der Waals surface area (Å²) in [4.78, 5) is 0. The van der Waals surface area contributed by atoms with Gasteiger partial charge in [0.25, 0.3) is 0 Å². The van der Waals surface area contributed by atoms with Gasteiger partial charge in [-0.25, -0.2) is 0 Å². The molecule has 6 nitrogen and oxygen atoms in total. The molecule has 1 aromatic heterocycles. The Labute approximate surface area is 225 Å². The van der Waals surface area contributed by atoms with Crippen molar-refractivity contribution in [3.63, 3.8) is 0 Å². The van der Waals surface area contributed by atoms with Crippen LogP contribution in [-0.4, -0.2) is 28.2 Å². The van der Waals surface area contributed by atoms with Crippen LogP contribution < -0.4 is 9.47 Å². The van der Waals surface area contributed by atoms with Crippen molar-refractivity contribution in [2.24, 2.45) is 5.10 Å². The van der Waals surface area contributed by atoms with Crippen LogP contribution >= 0.6 is 35.0 Å². The molecule has 0 radical (unpaired) electrons. The van der Waals surface area contributed by atoms with E-state index in [0.29, 0.717) is 23.1 Å². The number of aromatic nitrogens is 3. The molecule has 186 valence electrons. The second-order valence-corrected chi connectivity index (χ2v) is 9.76. The average Bonchev–Trinajstić information content (AvgIpc) is 3.27. The fourth-order valence-electron chi connectivity index (χ4n) is 3.41. The standard InChI is InChI=1S/C27H26Cl2N4O2S/c1-3-5-26-31-32-27(36-18-19-8-11-22(28)12-9-19)33(26)30-16-20-10-13-24(25(15-20)34-2)35-17-21-6-4-7-23(29)14-21/h4,6-16H,3,5,17-18H2,1-2H3/b30-16+. The minimum Gasteiger partial charge on any atom is -0.493 e. The minimum atomic E-state index is 0.389. The van der Waals surface area contributed by atoms with E-state index in [2.05, 4.69) is 17.1 Å². The molecule has 0 saturated heterocycles. The molecule has 9 heteroatoms. The summed E-state index contributed by atoms with van der Waals surface area (Å²) in [5.74, 6) is 2.82. The zero-order valence-corrected chi connectivity index (χ0v) is 22.4. The molecule has 0 saturated carbocycles. The van der Waals surface area contributed by atoms with Crippen LogP contribution in [0.25, 0.3) is 0 Å². The molecule has 4 rings (SSSR count). The van der Waals surface area contributed by atoms with Gasteiger partial charge in [-0.05, 0) is 65.6 Å². The number of aryl methyl sites for hydroxylation is 1. The monoisotopic (exact) mass is 540 g/mol. The summed E-state index contributed by atoms with van der Waals surface area (Å²) < 4.78 is 13.3. The van der Waals surface area contributed by atoms with Crippen LogP contribution in [0.5, 0.6) is 11.5 Å². The van der Waals surface area contributed by atoms with Gasteiger partial charge in [0.15, 0.2) is 17.3 Å². The van der Waals surface area contributed by atoms with Crippen molar-refractivity contribution in [3.05, 3.63) is 99.3 Å². The van der Waals surface area contributed by atoms with Crippen LogP contribution in [-0.2, 0) is 18.8 Å². The summed E-state index contributed by atoms with van der Waals surface area (Å²) >= 11 is 13.7. The number of ether oxygens (including phenoxy) is 2. The number of hydrogen-bond acceptors (Lipinski definition) is 6. The molecule has 4 aromatic rings. The van der Waals surface area contributed by atoms with E-state index in [0.717, 1.165) is 51.3 Å². The average molecular weight is 542 g/mol. The van der Waals surface area contributed by atoms with E-state index in [4.69, 9.17) is 37.8 Å². The van der Waals surface area contributed by atoms with Crippen LogP contribution in [0.15, 0.2) is 77.0 Å². The Morgan fingerprint density at radius 3 is 2.53 bits per heavy atom. The number of halogens is 2. The van der Waals surface area contributed by atoms with E-state index in [1.54, 1.807) is 29.8 Å². The molecule has 0 aliphatic carbocycles. The summed E-state index contributed by atoms with van der Waals surface area (Å²) in [7, 11) is 1.62. The highest BCUT2D eigenvalue weighted by molar-refractivity contribution is 7.98. The van der Waals surface area contributed by atoms with Crippen molar-refractivity contribution in [1.82, 2.24) is 14.9 Å². The lowest BCUT2D eigenvalue weighted by Gasteiger charge is -2.11. The lowest BCUT2D eigenvalue weighted by atomic mass is 10.2. The number of methoxy groups -OCH3 is 1. The van der Waals surface area contributed by atoms with Crippen LogP contribution in [0.4, 0.5) is 0 Å². The largest absolute Gasteiger partial charge is 0.493 e. The molecular formula is C27H26Cl2N4O2S. The van der Waals surface area contributed by atoms with Gasteiger partial charge in [-0.1, -0.05) is 66.2 Å².